The summed E-state index contributed by atoms with van der Waals surface area (Å²) in [5, 5.41) is 3.53. The third kappa shape index (κ3) is 10.4. The number of aromatic nitrogens is 2. The molecule has 12 rings (SSSR count). The third-order valence-corrected chi connectivity index (χ3v) is 15.3. The molecule has 0 saturated carbocycles. The number of para-hydroxylation sites is 3. The number of furan rings is 1. The van der Waals surface area contributed by atoms with E-state index in [1.165, 1.54) is 6.07 Å². The molecule has 0 saturated heterocycles. The minimum absolute atomic E-state index is 0. The van der Waals surface area contributed by atoms with E-state index in [1.807, 2.05) is 110 Å². The Balaban J connectivity index is 0.00000817. The minimum Gasteiger partial charge on any atom is -0.509 e. The van der Waals surface area contributed by atoms with E-state index >= 15 is 0 Å². The zero-order valence-corrected chi connectivity index (χ0v) is 51.0. The molecule has 6 nitrogen and oxygen atoms in total. The van der Waals surface area contributed by atoms with Gasteiger partial charge in [0.05, 0.1) is 8.22 Å². The largest absolute Gasteiger partial charge is 0.509 e. The number of ether oxygens (including phenoxy) is 1. The van der Waals surface area contributed by atoms with Crippen molar-refractivity contribution in [3.8, 4) is 39.6 Å². The summed E-state index contributed by atoms with van der Waals surface area (Å²) in [6, 6.07) is 47.7. The predicted octanol–water partition coefficient (Wildman–Crippen LogP) is 20.6. The summed E-state index contributed by atoms with van der Waals surface area (Å²) in [6.45, 7) is 31.8. The summed E-state index contributed by atoms with van der Waals surface area (Å²) in [5.41, 5.74) is 11.2. The molecule has 0 spiro atoms. The molecular weight excluding hydrogens is 1170 g/mol. The molecule has 1 aliphatic rings. The zero-order chi connectivity index (χ0) is 63.2. The molecule has 0 radical (unpaired) electrons. The topological polar surface area (TPSA) is 46.7 Å². The van der Waals surface area contributed by atoms with Crippen LogP contribution in [0.2, 0.25) is 0 Å². The van der Waals surface area contributed by atoms with Crippen LogP contribution in [0, 0.1) is 24.7 Å². The molecular formula is C74H73N4O2Pt-3. The Kier molecular flexibility index (Phi) is 11.7. The molecule has 0 atom stereocenters. The van der Waals surface area contributed by atoms with Crippen molar-refractivity contribution in [1.29, 1.82) is 0 Å². The van der Waals surface area contributed by atoms with Gasteiger partial charge in [-0.25, -0.2) is 4.98 Å². The van der Waals surface area contributed by atoms with Crippen molar-refractivity contribution in [3.63, 3.8) is 0 Å². The monoisotopic (exact) mass is 1250 g/mol. The van der Waals surface area contributed by atoms with Gasteiger partial charge in [0.15, 0.2) is 0 Å². The summed E-state index contributed by atoms with van der Waals surface area (Å²) in [7, 11) is 0. The Hall–Kier alpha value is -7.40. The number of hydrogen-bond acceptors (Lipinski definition) is 5. The molecule has 0 fully saturated rings. The van der Waals surface area contributed by atoms with Crippen LogP contribution in [0.4, 0.5) is 22.7 Å². The van der Waals surface area contributed by atoms with Gasteiger partial charge in [-0.2, -0.15) is 6.07 Å². The summed E-state index contributed by atoms with van der Waals surface area (Å²) < 4.78 is 88.5. The summed E-state index contributed by atoms with van der Waals surface area (Å²) >= 11 is 0. The van der Waals surface area contributed by atoms with Crippen LogP contribution in [0.3, 0.4) is 0 Å². The standard InChI is InChI=1S/C74H73N4O2.Pt/c1-46(2)34-47-32-33-75-67(35-47)78-64-31-30-58-57-24-18-21-27-66(57)80-70(58)68(64)59-29-28-55(44-65(59)78)79-56-40-52(73(9,10)11)39-54(43-56)76-45-77(63-26-20-19-25-62(63)76)69-60(48-22-16-15-17-23-48)41-53(74(12,13)14)42-61(69)49-36-50(71(3,4)5)38-51(37-49)72(6,7)8;/h15-33,35-42,45-46H,34H2,1-14H3;/q-3;/i15D,16D,17D,22D,23D,33D,34D2;. The number of pyridine rings is 1. The van der Waals surface area contributed by atoms with Gasteiger partial charge < -0.3 is 23.5 Å². The minimum atomic E-state index is -1.76. The summed E-state index contributed by atoms with van der Waals surface area (Å²) in [6.07, 6.45) is -1.83. The number of nitrogens with zero attached hydrogens (tertiary/aromatic N) is 4. The number of anilines is 4. The molecule has 7 heteroatoms. The maximum absolute atomic E-state index is 9.56. The molecule has 3 aromatic heterocycles. The van der Waals surface area contributed by atoms with Gasteiger partial charge in [-0.15, -0.1) is 48.3 Å². The molecule has 0 aliphatic carbocycles. The fourth-order valence-electron chi connectivity index (χ4n) is 10.9. The quantitative estimate of drug-likeness (QED) is 0.135. The fraction of sp³-hybridized carbons (Fsp3) is 0.270. The second-order valence-electron chi connectivity index (χ2n) is 25.8. The van der Waals surface area contributed by atoms with E-state index in [1.54, 1.807) is 6.07 Å². The van der Waals surface area contributed by atoms with Crippen LogP contribution < -0.4 is 14.5 Å². The number of fused-ring (bicyclic) bond motifs is 8. The smallest absolute Gasteiger partial charge is 0.135 e. The number of rotatable bonds is 9. The molecule has 0 bridgehead atoms. The van der Waals surface area contributed by atoms with E-state index in [9.17, 15) is 2.74 Å². The van der Waals surface area contributed by atoms with Gasteiger partial charge in [0.1, 0.15) is 17.0 Å². The van der Waals surface area contributed by atoms with Gasteiger partial charge in [-0.1, -0.05) is 187 Å². The average molecular weight is 1250 g/mol. The zero-order valence-electron chi connectivity index (χ0n) is 56.7. The summed E-state index contributed by atoms with van der Waals surface area (Å²) in [5.74, 6) is 0.755. The average Bonchev–Trinajstić information content (AvgIpc) is 1.67. The number of hydrogen-bond donors (Lipinski definition) is 0. The number of benzene rings is 8. The van der Waals surface area contributed by atoms with E-state index < -0.39 is 35.3 Å². The van der Waals surface area contributed by atoms with Crippen LogP contribution in [-0.2, 0) is 49.1 Å². The van der Waals surface area contributed by atoms with Crippen molar-refractivity contribution in [2.24, 2.45) is 5.92 Å². The molecule has 11 aromatic rings. The second-order valence-corrected chi connectivity index (χ2v) is 25.8. The first kappa shape index (κ1) is 46.2. The first-order valence-electron chi connectivity index (χ1n) is 31.7. The van der Waals surface area contributed by atoms with E-state index in [4.69, 9.17) is 22.4 Å². The van der Waals surface area contributed by atoms with Crippen LogP contribution >= 0.6 is 0 Å². The van der Waals surface area contributed by atoms with E-state index in [-0.39, 0.29) is 61.6 Å². The molecule has 4 heterocycles. The predicted molar refractivity (Wildman–Crippen MR) is 336 cm³/mol. The molecule has 0 N–H and O–H groups in total. The third-order valence-electron chi connectivity index (χ3n) is 15.3. The molecule has 0 amide bonds. The van der Waals surface area contributed by atoms with Crippen molar-refractivity contribution < 1.29 is 41.2 Å². The first-order chi connectivity index (χ1) is 41.2. The SMILES string of the molecule is [2H]c1cc(C([2H])([2H])C(C)C)cc(-n2c3[c-]c(Oc4[c-]c(N5[CH-]N(c6c(-c7cc(C(C)(C)C)cc(C(C)(C)C)c7)cc(C(C)(C)C)cc6-c6c([2H])c([2H])c([2H])c([2H])c6[2H])c6ccccc65)cc(C(C)(C)C)c4)ccc3c3c4oc5ccccc5c4ccc32)n1.[Pt]. The van der Waals surface area contributed by atoms with Crippen LogP contribution in [0.25, 0.3) is 71.8 Å². The van der Waals surface area contributed by atoms with Gasteiger partial charge in [-0.05, 0) is 127 Å². The van der Waals surface area contributed by atoms with Gasteiger partial charge >= 0.3 is 0 Å². The van der Waals surface area contributed by atoms with Crippen molar-refractivity contribution >= 4 is 66.5 Å². The first-order valence-corrected chi connectivity index (χ1v) is 27.7. The molecule has 81 heavy (non-hydrogen) atoms. The second kappa shape index (κ2) is 20.5. The van der Waals surface area contributed by atoms with Crippen LogP contribution in [-0.4, -0.2) is 9.55 Å². The van der Waals surface area contributed by atoms with Crippen LogP contribution in [0.5, 0.6) is 11.5 Å². The van der Waals surface area contributed by atoms with Gasteiger partial charge in [0.25, 0.3) is 0 Å². The Bertz CT molecular complexity index is 4610. The Morgan fingerprint density at radius 2 is 1.21 bits per heavy atom. The van der Waals surface area contributed by atoms with Crippen molar-refractivity contribution in [2.75, 3.05) is 9.80 Å². The molecule has 0 unspecified atom stereocenters. The Labute approximate surface area is 505 Å². The maximum atomic E-state index is 9.56. The van der Waals surface area contributed by atoms with E-state index in [0.717, 1.165) is 77.4 Å². The van der Waals surface area contributed by atoms with Gasteiger partial charge in [-0.3, -0.25) is 0 Å². The summed E-state index contributed by atoms with van der Waals surface area (Å²) in [4.78, 5) is 8.92. The molecule has 414 valence electrons. The van der Waals surface area contributed by atoms with Crippen LogP contribution in [0.15, 0.2) is 168 Å². The van der Waals surface area contributed by atoms with Crippen molar-refractivity contribution in [2.45, 2.75) is 125 Å². The van der Waals surface area contributed by atoms with Gasteiger partial charge in [0, 0.05) is 86.0 Å². The van der Waals surface area contributed by atoms with Crippen molar-refractivity contribution in [1.82, 2.24) is 9.55 Å². The Morgan fingerprint density at radius 1 is 0.605 bits per heavy atom. The van der Waals surface area contributed by atoms with Crippen molar-refractivity contribution in [3.05, 3.63) is 210 Å². The van der Waals surface area contributed by atoms with E-state index in [2.05, 4.69) is 135 Å². The molecule has 8 aromatic carbocycles. The maximum Gasteiger partial charge on any atom is 0.135 e. The van der Waals surface area contributed by atoms with Gasteiger partial charge in [0.2, 0.25) is 0 Å². The van der Waals surface area contributed by atoms with Crippen LogP contribution in [0.1, 0.15) is 136 Å². The Morgan fingerprint density at radius 3 is 1.88 bits per heavy atom. The molecule has 1 aliphatic heterocycles. The fourth-order valence-corrected chi connectivity index (χ4v) is 10.9. The van der Waals surface area contributed by atoms with E-state index in [0.29, 0.717) is 50.9 Å². The normalized spacial score (nSPS) is 14.9.